The van der Waals surface area contributed by atoms with E-state index in [1.54, 1.807) is 35.2 Å². The number of aliphatic carboxylic acids is 1. The van der Waals surface area contributed by atoms with E-state index in [1.807, 2.05) is 0 Å². The van der Waals surface area contributed by atoms with Gasteiger partial charge in [-0.15, -0.1) is 11.3 Å². The van der Waals surface area contributed by atoms with Crippen LogP contribution in [0, 0.1) is 11.8 Å². The Morgan fingerprint density at radius 2 is 1.93 bits per heavy atom. The third-order valence-corrected chi connectivity index (χ3v) is 5.49. The van der Waals surface area contributed by atoms with Crippen molar-refractivity contribution in [1.82, 2.24) is 14.7 Å². The van der Waals surface area contributed by atoms with Crippen molar-refractivity contribution in [2.45, 2.75) is 12.7 Å². The van der Waals surface area contributed by atoms with E-state index >= 15 is 0 Å². The van der Waals surface area contributed by atoms with Crippen molar-refractivity contribution in [3.8, 4) is 0 Å². The molecule has 3 heterocycles. The highest BCUT2D eigenvalue weighted by molar-refractivity contribution is 7.09. The number of amides is 2. The third-order valence-electron chi connectivity index (χ3n) is 4.63. The number of nitrogens with zero attached hydrogens (tertiary/aromatic N) is 3. The normalized spacial score (nSPS) is 21.9. The number of likely N-dealkylation sites (N-methyl/N-ethyl adjacent to an activating group) is 1. The zero-order chi connectivity index (χ0) is 21.1. The van der Waals surface area contributed by atoms with Crippen LogP contribution in [0.15, 0.2) is 17.5 Å². The molecular weight excluding hydrogens is 399 g/mol. The van der Waals surface area contributed by atoms with Crippen LogP contribution in [-0.4, -0.2) is 84.0 Å². The Labute approximate surface area is 164 Å². The van der Waals surface area contributed by atoms with Gasteiger partial charge in [-0.1, -0.05) is 6.07 Å². The summed E-state index contributed by atoms with van der Waals surface area (Å²) in [5.41, 5.74) is 0. The first kappa shape index (κ1) is 22.2. The molecule has 2 aliphatic rings. The second kappa shape index (κ2) is 8.91. The summed E-state index contributed by atoms with van der Waals surface area (Å²) in [4.78, 5) is 40.1. The minimum atomic E-state index is -5.08. The van der Waals surface area contributed by atoms with Gasteiger partial charge in [0.25, 0.3) is 0 Å². The van der Waals surface area contributed by atoms with Crippen LogP contribution in [0.1, 0.15) is 4.88 Å². The van der Waals surface area contributed by atoms with Gasteiger partial charge >= 0.3 is 12.1 Å². The Balaban J connectivity index is 0.000000345. The predicted octanol–water partition coefficient (Wildman–Crippen LogP) is 1.36. The Kier molecular flexibility index (Phi) is 7.05. The maximum absolute atomic E-state index is 12.4. The van der Waals surface area contributed by atoms with E-state index < -0.39 is 12.1 Å². The number of likely N-dealkylation sites (tertiary alicyclic amines) is 2. The molecule has 0 saturated carbocycles. The molecule has 3 rings (SSSR count). The van der Waals surface area contributed by atoms with Crippen molar-refractivity contribution in [1.29, 1.82) is 0 Å². The minimum absolute atomic E-state index is 0.00114. The smallest absolute Gasteiger partial charge is 0.475 e. The maximum atomic E-state index is 12.4. The van der Waals surface area contributed by atoms with Gasteiger partial charge in [0.1, 0.15) is 0 Å². The highest BCUT2D eigenvalue weighted by Crippen LogP contribution is 2.33. The van der Waals surface area contributed by atoms with Gasteiger partial charge in [-0.05, 0) is 11.4 Å². The topological polar surface area (TPSA) is 81.2 Å². The van der Waals surface area contributed by atoms with Crippen LogP contribution in [0.3, 0.4) is 0 Å². The molecule has 0 aromatic carbocycles. The molecule has 2 saturated heterocycles. The van der Waals surface area contributed by atoms with Gasteiger partial charge in [-0.25, -0.2) is 4.79 Å². The minimum Gasteiger partial charge on any atom is -0.475 e. The molecule has 0 spiro atoms. The van der Waals surface area contributed by atoms with Crippen molar-refractivity contribution < 1.29 is 32.7 Å². The number of alkyl halides is 3. The van der Waals surface area contributed by atoms with Crippen LogP contribution in [-0.2, 0) is 20.9 Å². The molecule has 0 bridgehead atoms. The number of rotatable bonds is 4. The highest BCUT2D eigenvalue weighted by atomic mass is 32.1. The van der Waals surface area contributed by atoms with E-state index in [9.17, 15) is 22.8 Å². The standard InChI is InChI=1S/C15H21N3O2S.C2HF3O2/c1-16(2)14(19)10-18-7-11-6-17(9-13(11)15(18)20)8-12-4-3-5-21-12;3-2(4,5)1(6)7/h3-5,11,13H,6-10H2,1-2H3;(H,6,7)/t11-,13-;/m0./s1. The average molecular weight is 421 g/mol. The molecular formula is C17H22F3N3O4S. The Morgan fingerprint density at radius 1 is 1.29 bits per heavy atom. The van der Waals surface area contributed by atoms with Crippen LogP contribution >= 0.6 is 11.3 Å². The number of halogens is 3. The molecule has 2 aliphatic heterocycles. The van der Waals surface area contributed by atoms with Gasteiger partial charge in [-0.3, -0.25) is 14.5 Å². The molecule has 0 unspecified atom stereocenters. The highest BCUT2D eigenvalue weighted by Gasteiger charge is 2.46. The number of carbonyl (C=O) groups is 3. The molecule has 2 fully saturated rings. The first-order valence-corrected chi connectivity index (χ1v) is 9.40. The van der Waals surface area contributed by atoms with Gasteiger partial charge in [0.2, 0.25) is 11.8 Å². The second-order valence-corrected chi connectivity index (χ2v) is 7.98. The number of fused-ring (bicyclic) bond motifs is 1. The summed E-state index contributed by atoms with van der Waals surface area (Å²) in [6, 6.07) is 4.21. The summed E-state index contributed by atoms with van der Waals surface area (Å²) >= 11 is 1.76. The van der Waals surface area contributed by atoms with Crippen molar-refractivity contribution >= 4 is 29.1 Å². The summed E-state index contributed by atoms with van der Waals surface area (Å²) in [5, 5.41) is 9.21. The van der Waals surface area contributed by atoms with Crippen molar-refractivity contribution in [3.63, 3.8) is 0 Å². The zero-order valence-corrected chi connectivity index (χ0v) is 16.3. The molecule has 7 nitrogen and oxygen atoms in total. The van der Waals surface area contributed by atoms with Crippen LogP contribution in [0.5, 0.6) is 0 Å². The molecule has 1 aromatic rings. The fourth-order valence-electron chi connectivity index (χ4n) is 3.23. The van der Waals surface area contributed by atoms with Gasteiger partial charge < -0.3 is 14.9 Å². The lowest BCUT2D eigenvalue weighted by molar-refractivity contribution is -0.192. The quantitative estimate of drug-likeness (QED) is 0.794. The Bertz CT molecular complexity index is 709. The first-order chi connectivity index (χ1) is 13.0. The SMILES string of the molecule is CN(C)C(=O)CN1C[C@@H]2CN(Cc3cccs3)C[C@@H]2C1=O.O=C(O)C(F)(F)F. The lowest BCUT2D eigenvalue weighted by atomic mass is 10.0. The summed E-state index contributed by atoms with van der Waals surface area (Å²) in [7, 11) is 3.46. The number of carbonyl (C=O) groups excluding carboxylic acids is 2. The van der Waals surface area contributed by atoms with Crippen molar-refractivity contribution in [2.24, 2.45) is 11.8 Å². The molecule has 2 atom stereocenters. The molecule has 11 heteroatoms. The third kappa shape index (κ3) is 5.68. The zero-order valence-electron chi connectivity index (χ0n) is 15.5. The summed E-state index contributed by atoms with van der Waals surface area (Å²) in [5.74, 6) is -2.14. The lowest BCUT2D eigenvalue weighted by Gasteiger charge is -2.22. The molecule has 2 amide bonds. The fraction of sp³-hybridized carbons (Fsp3) is 0.588. The number of carboxylic acid groups (broad SMARTS) is 1. The fourth-order valence-corrected chi connectivity index (χ4v) is 3.98. The average Bonchev–Trinajstić information content (AvgIpc) is 3.28. The van der Waals surface area contributed by atoms with Crippen LogP contribution < -0.4 is 0 Å². The molecule has 1 aromatic heterocycles. The van der Waals surface area contributed by atoms with E-state index in [2.05, 4.69) is 22.4 Å². The van der Waals surface area contributed by atoms with Gasteiger partial charge in [0, 0.05) is 51.1 Å². The van der Waals surface area contributed by atoms with E-state index in [4.69, 9.17) is 9.90 Å². The van der Waals surface area contributed by atoms with Crippen LogP contribution in [0.25, 0.3) is 0 Å². The van der Waals surface area contributed by atoms with Crippen LogP contribution in [0.4, 0.5) is 13.2 Å². The summed E-state index contributed by atoms with van der Waals surface area (Å²) < 4.78 is 31.7. The van der Waals surface area contributed by atoms with Gasteiger partial charge in [0.15, 0.2) is 0 Å². The lowest BCUT2D eigenvalue weighted by Crippen LogP contribution is -2.40. The van der Waals surface area contributed by atoms with E-state index in [1.165, 1.54) is 4.88 Å². The second-order valence-electron chi connectivity index (χ2n) is 6.95. The largest absolute Gasteiger partial charge is 0.490 e. The van der Waals surface area contributed by atoms with Crippen LogP contribution in [0.2, 0.25) is 0 Å². The van der Waals surface area contributed by atoms with Crippen molar-refractivity contribution in [2.75, 3.05) is 40.3 Å². The molecule has 28 heavy (non-hydrogen) atoms. The first-order valence-electron chi connectivity index (χ1n) is 8.52. The number of thiophene rings is 1. The summed E-state index contributed by atoms with van der Waals surface area (Å²) in [6.45, 7) is 3.68. The van der Waals surface area contributed by atoms with Crippen molar-refractivity contribution in [3.05, 3.63) is 22.4 Å². The Hall–Kier alpha value is -2.14. The van der Waals surface area contributed by atoms with Gasteiger partial charge in [0.05, 0.1) is 12.5 Å². The van der Waals surface area contributed by atoms with Gasteiger partial charge in [-0.2, -0.15) is 13.2 Å². The molecule has 1 N–H and O–H groups in total. The molecule has 0 aliphatic carbocycles. The predicted molar refractivity (Wildman–Crippen MR) is 95.5 cm³/mol. The number of hydrogen-bond acceptors (Lipinski definition) is 5. The summed E-state index contributed by atoms with van der Waals surface area (Å²) in [6.07, 6.45) is -5.08. The maximum Gasteiger partial charge on any atom is 0.490 e. The number of carboxylic acids is 1. The van der Waals surface area contributed by atoms with E-state index in [0.717, 1.165) is 26.2 Å². The number of hydrogen-bond donors (Lipinski definition) is 1. The molecule has 0 radical (unpaired) electrons. The molecule has 156 valence electrons. The monoisotopic (exact) mass is 421 g/mol. The van der Waals surface area contributed by atoms with E-state index in [-0.39, 0.29) is 24.3 Å². The van der Waals surface area contributed by atoms with E-state index in [0.29, 0.717) is 5.92 Å². The Morgan fingerprint density at radius 3 is 2.39 bits per heavy atom.